The van der Waals surface area contributed by atoms with Gasteiger partial charge in [-0.05, 0) is 43.7 Å². The van der Waals surface area contributed by atoms with Crippen molar-refractivity contribution in [2.24, 2.45) is 0 Å². The second-order valence-electron chi connectivity index (χ2n) is 17.1. The molecule has 0 saturated carbocycles. The summed E-state index contributed by atoms with van der Waals surface area (Å²) in [6, 6.07) is 0. The lowest BCUT2D eigenvalue weighted by atomic mass is 10.0. The van der Waals surface area contributed by atoms with Crippen molar-refractivity contribution in [1.82, 2.24) is 0 Å². The molecule has 0 amide bonds. The van der Waals surface area contributed by atoms with Gasteiger partial charge in [-0.1, -0.05) is 245 Å². The molecule has 0 heterocycles. The minimum Gasteiger partial charge on any atom is -0.483 e. The highest BCUT2D eigenvalue weighted by atomic mass is 32.1. The number of hydrogen-bond donors (Lipinski definition) is 0. The highest BCUT2D eigenvalue weighted by molar-refractivity contribution is 7.80. The Morgan fingerprint density at radius 3 is 0.804 bits per heavy atom. The highest BCUT2D eigenvalue weighted by Gasteiger charge is 2.18. The number of carbonyl (C=O) groups is 1. The van der Waals surface area contributed by atoms with Crippen molar-refractivity contribution in [2.75, 3.05) is 13.2 Å². The predicted octanol–water partition coefficient (Wildman–Crippen LogP) is 17.6. The fourth-order valence-corrected chi connectivity index (χ4v) is 7.99. The van der Waals surface area contributed by atoms with Crippen LogP contribution < -0.4 is 0 Å². The largest absolute Gasteiger partial charge is 0.483 e. The fraction of sp³-hybridized carbons (Fsp3) is 0.940. The van der Waals surface area contributed by atoms with Gasteiger partial charge in [0, 0.05) is 19.3 Å². The number of ether oxygens (including phenoxy) is 3. The van der Waals surface area contributed by atoms with E-state index in [1.807, 2.05) is 0 Å². The topological polar surface area (TPSA) is 44.8 Å². The van der Waals surface area contributed by atoms with Crippen LogP contribution in [0.15, 0.2) is 0 Å². The van der Waals surface area contributed by atoms with Crippen molar-refractivity contribution in [2.45, 2.75) is 290 Å². The number of unbranched alkanes of at least 4 members (excludes halogenated alkanes) is 35. The first kappa shape index (κ1) is 55.2. The van der Waals surface area contributed by atoms with Crippen LogP contribution in [0.4, 0.5) is 0 Å². The van der Waals surface area contributed by atoms with Gasteiger partial charge in [0.15, 0.2) is 16.2 Å². The van der Waals surface area contributed by atoms with E-state index >= 15 is 0 Å². The molecule has 4 nitrogen and oxygen atoms in total. The molecule has 6 heteroatoms. The first-order valence-corrected chi connectivity index (χ1v) is 25.9. The van der Waals surface area contributed by atoms with E-state index in [0.29, 0.717) is 16.5 Å². The van der Waals surface area contributed by atoms with Crippen molar-refractivity contribution in [3.8, 4) is 0 Å². The summed E-state index contributed by atoms with van der Waals surface area (Å²) in [6.45, 7) is 7.32. The van der Waals surface area contributed by atoms with Crippen LogP contribution in [0, 0.1) is 0 Å². The zero-order valence-corrected chi connectivity index (χ0v) is 39.6. The second kappa shape index (κ2) is 46.9. The van der Waals surface area contributed by atoms with Gasteiger partial charge in [0.1, 0.15) is 13.2 Å². The van der Waals surface area contributed by atoms with E-state index in [9.17, 15) is 4.79 Å². The molecule has 0 aliphatic rings. The van der Waals surface area contributed by atoms with Crippen molar-refractivity contribution in [3.05, 3.63) is 0 Å². The molecular formula is C50H96O4S2. The lowest BCUT2D eigenvalue weighted by molar-refractivity contribution is -0.152. The molecule has 0 N–H and O–H groups in total. The minimum absolute atomic E-state index is 0.167. The summed E-state index contributed by atoms with van der Waals surface area (Å²) < 4.78 is 17.8. The van der Waals surface area contributed by atoms with Crippen LogP contribution in [0.5, 0.6) is 0 Å². The Kier molecular flexibility index (Phi) is 46.3. The van der Waals surface area contributed by atoms with E-state index in [1.54, 1.807) is 0 Å². The van der Waals surface area contributed by atoms with Gasteiger partial charge < -0.3 is 14.2 Å². The van der Waals surface area contributed by atoms with Gasteiger partial charge in [-0.2, -0.15) is 0 Å². The molecule has 0 rings (SSSR count). The molecule has 332 valence electrons. The monoisotopic (exact) mass is 825 g/mol. The van der Waals surface area contributed by atoms with Gasteiger partial charge in [0.2, 0.25) is 0 Å². The highest BCUT2D eigenvalue weighted by Crippen LogP contribution is 2.17. The van der Waals surface area contributed by atoms with E-state index in [4.69, 9.17) is 38.6 Å². The molecule has 0 saturated heterocycles. The maximum Gasteiger partial charge on any atom is 0.306 e. The van der Waals surface area contributed by atoms with Crippen LogP contribution in [0.25, 0.3) is 0 Å². The van der Waals surface area contributed by atoms with Gasteiger partial charge in [0.25, 0.3) is 0 Å². The van der Waals surface area contributed by atoms with Crippen molar-refractivity contribution in [1.29, 1.82) is 0 Å². The smallest absolute Gasteiger partial charge is 0.306 e. The number of rotatable bonds is 46. The summed E-state index contributed by atoms with van der Waals surface area (Å²) in [5.74, 6) is -0.167. The van der Waals surface area contributed by atoms with E-state index < -0.39 is 6.10 Å². The maximum absolute atomic E-state index is 12.9. The molecule has 0 fully saturated rings. The second-order valence-corrected chi connectivity index (χ2v) is 18.0. The van der Waals surface area contributed by atoms with Crippen molar-refractivity contribution < 1.29 is 19.0 Å². The predicted molar refractivity (Wildman–Crippen MR) is 253 cm³/mol. The maximum atomic E-state index is 12.9. The van der Waals surface area contributed by atoms with Gasteiger partial charge in [0.05, 0.1) is 0 Å². The van der Waals surface area contributed by atoms with E-state index in [2.05, 4.69) is 20.8 Å². The number of esters is 1. The average Bonchev–Trinajstić information content (AvgIpc) is 3.19. The Morgan fingerprint density at radius 1 is 0.339 bits per heavy atom. The minimum atomic E-state index is -0.492. The summed E-state index contributed by atoms with van der Waals surface area (Å²) >= 11 is 11.2. The zero-order chi connectivity index (χ0) is 40.8. The lowest BCUT2D eigenvalue weighted by Crippen LogP contribution is -2.30. The van der Waals surface area contributed by atoms with Crippen LogP contribution in [0.2, 0.25) is 0 Å². The Labute approximate surface area is 361 Å². The average molecular weight is 825 g/mol. The summed E-state index contributed by atoms with van der Waals surface area (Å²) in [7, 11) is 0. The van der Waals surface area contributed by atoms with E-state index in [1.165, 1.54) is 218 Å². The van der Waals surface area contributed by atoms with Gasteiger partial charge >= 0.3 is 5.97 Å². The summed E-state index contributed by atoms with van der Waals surface area (Å²) in [4.78, 5) is 12.9. The number of carbonyl (C=O) groups excluding carboxylic acids is 1. The molecule has 0 aliphatic carbocycles. The first-order chi connectivity index (χ1) is 27.5. The Balaban J connectivity index is 4.31. The third-order valence-corrected chi connectivity index (χ3v) is 12.0. The van der Waals surface area contributed by atoms with Crippen LogP contribution >= 0.6 is 24.4 Å². The molecule has 0 aromatic heterocycles. The number of thiocarbonyl (C=S) groups is 2. The molecule has 0 aromatic carbocycles. The Morgan fingerprint density at radius 2 is 0.554 bits per heavy atom. The van der Waals surface area contributed by atoms with Crippen LogP contribution in [-0.4, -0.2) is 35.4 Å². The third kappa shape index (κ3) is 44.4. The molecule has 0 atom stereocenters. The molecule has 0 aromatic rings. The van der Waals surface area contributed by atoms with Crippen LogP contribution in [-0.2, 0) is 19.0 Å². The Hall–Kier alpha value is -0.750. The molecule has 0 aliphatic heterocycles. The van der Waals surface area contributed by atoms with Gasteiger partial charge in [-0.15, -0.1) is 0 Å². The Bertz CT molecular complexity index is 790. The van der Waals surface area contributed by atoms with Crippen molar-refractivity contribution >= 4 is 40.5 Å². The third-order valence-electron chi connectivity index (χ3n) is 11.4. The van der Waals surface area contributed by atoms with Crippen LogP contribution in [0.3, 0.4) is 0 Å². The van der Waals surface area contributed by atoms with Crippen molar-refractivity contribution in [3.63, 3.8) is 0 Å². The van der Waals surface area contributed by atoms with Crippen LogP contribution in [0.1, 0.15) is 284 Å². The lowest BCUT2D eigenvalue weighted by Gasteiger charge is -2.20. The van der Waals surface area contributed by atoms with E-state index in [0.717, 1.165) is 38.5 Å². The standard InChI is InChI=1S/C50H96O4S2/c1-4-7-10-13-16-19-22-25-26-27-30-33-36-39-42-48(51)54-47(45-52-49(55)43-40-37-34-31-28-23-20-17-14-11-8-5-2)46-53-50(56)44-41-38-35-32-29-24-21-18-15-12-9-6-3/h47H,4-46H2,1-3H3. The fourth-order valence-electron chi connectivity index (χ4n) is 7.56. The van der Waals surface area contributed by atoms with Gasteiger partial charge in [-0.3, -0.25) is 4.79 Å². The SMILES string of the molecule is CCCCCCCCCCCCCCCCC(=O)OC(COC(=S)CCCCCCCCCCCCCC)COC(=S)CCCCCCCCCCCCCC. The first-order valence-electron chi connectivity index (χ1n) is 25.0. The molecular weight excluding hydrogens is 729 g/mol. The quantitative estimate of drug-likeness (QED) is 0.0346. The molecule has 0 bridgehead atoms. The summed E-state index contributed by atoms with van der Waals surface area (Å²) in [6.07, 6.45) is 51.4. The number of hydrogen-bond acceptors (Lipinski definition) is 6. The molecule has 0 spiro atoms. The summed E-state index contributed by atoms with van der Waals surface area (Å²) in [5.41, 5.74) is 0. The molecule has 0 unspecified atom stereocenters. The molecule has 56 heavy (non-hydrogen) atoms. The zero-order valence-electron chi connectivity index (χ0n) is 37.9. The normalized spacial score (nSPS) is 11.4. The van der Waals surface area contributed by atoms with Gasteiger partial charge in [-0.25, -0.2) is 0 Å². The summed E-state index contributed by atoms with van der Waals surface area (Å²) in [5, 5.41) is 1.23. The molecule has 0 radical (unpaired) electrons. The van der Waals surface area contributed by atoms with E-state index in [-0.39, 0.29) is 19.2 Å².